The fourth-order valence-electron chi connectivity index (χ4n) is 1.11. The van der Waals surface area contributed by atoms with Gasteiger partial charge in [0, 0.05) is 5.94 Å². The molecule has 0 bridgehead atoms. The molecule has 1 atom stereocenters. The molecular formula is C8H22BNO2Si. The largest absolute Gasteiger partial charge is 0.461 e. The molecule has 0 spiro atoms. The van der Waals surface area contributed by atoms with Crippen LogP contribution in [0, 0.1) is 5.92 Å². The van der Waals surface area contributed by atoms with Crippen molar-refractivity contribution in [1.82, 2.24) is 0 Å². The van der Waals surface area contributed by atoms with Gasteiger partial charge in [0.15, 0.2) is 8.32 Å². The molecule has 0 heterocycles. The zero-order chi connectivity index (χ0) is 10.6. The summed E-state index contributed by atoms with van der Waals surface area (Å²) in [6, 6.07) is 0. The fraction of sp³-hybridized carbons (Fsp3) is 1.00. The van der Waals surface area contributed by atoms with E-state index in [9.17, 15) is 5.02 Å². The van der Waals surface area contributed by atoms with E-state index in [-0.39, 0.29) is 5.94 Å². The maximum Gasteiger partial charge on any atom is 0.461 e. The summed E-state index contributed by atoms with van der Waals surface area (Å²) in [5.41, 5.74) is 5.77. The van der Waals surface area contributed by atoms with E-state index >= 15 is 0 Å². The SMILES string of the molecule is CC(C)CC(N)B(O)O[Si](C)(C)C. The van der Waals surface area contributed by atoms with E-state index in [1.165, 1.54) is 0 Å². The third-order valence-electron chi connectivity index (χ3n) is 1.58. The Hall–Kier alpha value is 0.162. The Morgan fingerprint density at radius 1 is 1.38 bits per heavy atom. The van der Waals surface area contributed by atoms with Crippen LogP contribution in [0.15, 0.2) is 0 Å². The number of hydrogen-bond donors (Lipinski definition) is 2. The van der Waals surface area contributed by atoms with Crippen molar-refractivity contribution < 1.29 is 9.37 Å². The van der Waals surface area contributed by atoms with E-state index in [0.29, 0.717) is 5.92 Å². The molecule has 0 amide bonds. The molecule has 0 aliphatic heterocycles. The summed E-state index contributed by atoms with van der Waals surface area (Å²) in [6.45, 7) is 10.3. The highest BCUT2D eigenvalue weighted by atomic mass is 28.4. The molecule has 78 valence electrons. The molecule has 0 radical (unpaired) electrons. The van der Waals surface area contributed by atoms with E-state index in [1.54, 1.807) is 0 Å². The first-order valence-corrected chi connectivity index (χ1v) is 8.24. The number of hydrogen-bond acceptors (Lipinski definition) is 3. The van der Waals surface area contributed by atoms with Crippen LogP contribution in [0.25, 0.3) is 0 Å². The van der Waals surface area contributed by atoms with Crippen molar-refractivity contribution in [2.24, 2.45) is 11.7 Å². The maximum atomic E-state index is 9.59. The topological polar surface area (TPSA) is 55.5 Å². The molecule has 13 heavy (non-hydrogen) atoms. The van der Waals surface area contributed by atoms with Crippen molar-refractivity contribution in [2.75, 3.05) is 0 Å². The van der Waals surface area contributed by atoms with Crippen molar-refractivity contribution in [3.05, 3.63) is 0 Å². The van der Waals surface area contributed by atoms with E-state index < -0.39 is 15.4 Å². The Morgan fingerprint density at radius 3 is 2.15 bits per heavy atom. The van der Waals surface area contributed by atoms with Crippen LogP contribution in [0.2, 0.25) is 19.6 Å². The molecule has 1 unspecified atom stereocenters. The standard InChI is InChI=1S/C8H22BNO2Si/c1-7(2)6-8(10)9(11)12-13(3,4)5/h7-8,11H,6,10H2,1-5H3. The van der Waals surface area contributed by atoms with Crippen LogP contribution in [0.3, 0.4) is 0 Å². The van der Waals surface area contributed by atoms with Crippen LogP contribution in [-0.4, -0.2) is 26.4 Å². The average Bonchev–Trinajstić information content (AvgIpc) is 1.81. The zero-order valence-electron chi connectivity index (χ0n) is 9.37. The van der Waals surface area contributed by atoms with Gasteiger partial charge in [0.2, 0.25) is 0 Å². The van der Waals surface area contributed by atoms with Gasteiger partial charge < -0.3 is 15.1 Å². The minimum Gasteiger partial charge on any atom is -0.453 e. The van der Waals surface area contributed by atoms with E-state index in [1.807, 2.05) is 19.6 Å². The lowest BCUT2D eigenvalue weighted by molar-refractivity contribution is 0.377. The van der Waals surface area contributed by atoms with Crippen molar-refractivity contribution in [2.45, 2.75) is 45.9 Å². The van der Waals surface area contributed by atoms with Gasteiger partial charge in [-0.3, -0.25) is 0 Å². The van der Waals surface area contributed by atoms with Gasteiger partial charge in [-0.2, -0.15) is 0 Å². The van der Waals surface area contributed by atoms with E-state index in [2.05, 4.69) is 13.8 Å². The lowest BCUT2D eigenvalue weighted by Gasteiger charge is -2.24. The Labute approximate surface area is 82.9 Å². The molecule has 0 saturated carbocycles. The summed E-state index contributed by atoms with van der Waals surface area (Å²) >= 11 is 0. The number of nitrogens with two attached hydrogens (primary N) is 1. The molecule has 3 N–H and O–H groups in total. The van der Waals surface area contributed by atoms with Gasteiger partial charge in [-0.1, -0.05) is 13.8 Å². The average molecular weight is 203 g/mol. The van der Waals surface area contributed by atoms with E-state index in [0.717, 1.165) is 6.42 Å². The first-order chi connectivity index (χ1) is 5.72. The summed E-state index contributed by atoms with van der Waals surface area (Å²) in [5.74, 6) is 0.238. The first kappa shape index (κ1) is 13.2. The van der Waals surface area contributed by atoms with Crippen molar-refractivity contribution in [1.29, 1.82) is 0 Å². The predicted octanol–water partition coefficient (Wildman–Crippen LogP) is 1.23. The van der Waals surface area contributed by atoms with Gasteiger partial charge >= 0.3 is 7.12 Å². The fourth-order valence-corrected chi connectivity index (χ4v) is 2.01. The maximum absolute atomic E-state index is 9.59. The minimum absolute atomic E-state index is 0.258. The minimum atomic E-state index is -1.66. The van der Waals surface area contributed by atoms with Gasteiger partial charge in [-0.15, -0.1) is 0 Å². The summed E-state index contributed by atoms with van der Waals surface area (Å²) < 4.78 is 5.47. The lowest BCUT2D eigenvalue weighted by Crippen LogP contribution is -2.47. The molecule has 0 aromatic carbocycles. The van der Waals surface area contributed by atoms with Gasteiger partial charge in [0.05, 0.1) is 0 Å². The van der Waals surface area contributed by atoms with Gasteiger partial charge in [0.1, 0.15) is 0 Å². The first-order valence-electron chi connectivity index (χ1n) is 4.84. The number of rotatable bonds is 5. The van der Waals surface area contributed by atoms with Crippen LogP contribution < -0.4 is 5.73 Å². The molecular weight excluding hydrogens is 181 g/mol. The Kier molecular flexibility index (Phi) is 5.21. The van der Waals surface area contributed by atoms with Crippen molar-refractivity contribution in [3.8, 4) is 0 Å². The van der Waals surface area contributed by atoms with Crippen LogP contribution >= 0.6 is 0 Å². The smallest absolute Gasteiger partial charge is 0.453 e. The summed E-state index contributed by atoms with van der Waals surface area (Å²) in [5, 5.41) is 9.59. The molecule has 0 aliphatic rings. The summed E-state index contributed by atoms with van der Waals surface area (Å²) in [4.78, 5) is 0. The highest BCUT2D eigenvalue weighted by Crippen LogP contribution is 2.09. The van der Waals surface area contributed by atoms with Crippen LogP contribution in [0.5, 0.6) is 0 Å². The summed E-state index contributed by atoms with van der Waals surface area (Å²) in [6.07, 6.45) is 0.797. The zero-order valence-corrected chi connectivity index (χ0v) is 10.4. The van der Waals surface area contributed by atoms with Gasteiger partial charge in [-0.05, 0) is 32.0 Å². The normalized spacial score (nSPS) is 14.8. The van der Waals surface area contributed by atoms with E-state index in [4.69, 9.17) is 10.1 Å². The second kappa shape index (κ2) is 5.14. The molecule has 0 saturated heterocycles. The molecule has 3 nitrogen and oxygen atoms in total. The van der Waals surface area contributed by atoms with Crippen molar-refractivity contribution in [3.63, 3.8) is 0 Å². The molecule has 5 heteroatoms. The third kappa shape index (κ3) is 7.25. The quantitative estimate of drug-likeness (QED) is 0.661. The van der Waals surface area contributed by atoms with Crippen LogP contribution in [0.4, 0.5) is 0 Å². The summed E-state index contributed by atoms with van der Waals surface area (Å²) in [7, 11) is -2.46. The highest BCUT2D eigenvalue weighted by Gasteiger charge is 2.29. The third-order valence-corrected chi connectivity index (χ3v) is 2.53. The molecule has 0 aliphatic carbocycles. The monoisotopic (exact) mass is 203 g/mol. The van der Waals surface area contributed by atoms with Crippen LogP contribution in [0.1, 0.15) is 20.3 Å². The van der Waals surface area contributed by atoms with Gasteiger partial charge in [-0.25, -0.2) is 0 Å². The van der Waals surface area contributed by atoms with Crippen LogP contribution in [-0.2, 0) is 4.34 Å². The Bertz CT molecular complexity index is 150. The predicted molar refractivity (Wildman–Crippen MR) is 59.8 cm³/mol. The van der Waals surface area contributed by atoms with Crippen molar-refractivity contribution >= 4 is 15.4 Å². The second-order valence-electron chi connectivity index (χ2n) is 4.91. The second-order valence-corrected chi connectivity index (χ2v) is 9.37. The molecule has 0 fully saturated rings. The molecule has 0 rings (SSSR count). The lowest BCUT2D eigenvalue weighted by atomic mass is 9.76. The Morgan fingerprint density at radius 2 is 1.85 bits per heavy atom. The molecule has 0 aromatic heterocycles. The van der Waals surface area contributed by atoms with Gasteiger partial charge in [0.25, 0.3) is 0 Å². The Balaban J connectivity index is 3.89. The molecule has 0 aromatic rings. The highest BCUT2D eigenvalue weighted by molar-refractivity contribution is 6.76.